The van der Waals surface area contributed by atoms with Crippen LogP contribution in [0.3, 0.4) is 0 Å². The summed E-state index contributed by atoms with van der Waals surface area (Å²) in [4.78, 5) is 21.4. The number of carbonyl (C=O) groups is 1. The maximum atomic E-state index is 12.0. The number of ether oxygens (including phenoxy) is 2. The van der Waals surface area contributed by atoms with Gasteiger partial charge in [0, 0.05) is 69.5 Å². The van der Waals surface area contributed by atoms with Crippen LogP contribution in [-0.2, 0) is 9.53 Å². The number of hydrogen-bond acceptors (Lipinski definition) is 7. The molecule has 9 heteroatoms. The van der Waals surface area contributed by atoms with Gasteiger partial charge in [-0.2, -0.15) is 5.26 Å². The van der Waals surface area contributed by atoms with Crippen LogP contribution in [0, 0.1) is 11.3 Å². The molecule has 1 saturated heterocycles. The second kappa shape index (κ2) is 12.5. The molecule has 9 nitrogen and oxygen atoms in total. The molecular weight excluding hydrogens is 470 g/mol. The first kappa shape index (κ1) is 26.4. The van der Waals surface area contributed by atoms with Crippen molar-refractivity contribution in [1.82, 2.24) is 20.2 Å². The third-order valence-electron chi connectivity index (χ3n) is 6.42. The fraction of sp³-hybridized carbons (Fsp3) is 0.393. The molecule has 0 radical (unpaired) electrons. The molecule has 0 aliphatic carbocycles. The predicted octanol–water partition coefficient (Wildman–Crippen LogP) is 3.10. The van der Waals surface area contributed by atoms with Gasteiger partial charge in [-0.25, -0.2) is 4.98 Å². The van der Waals surface area contributed by atoms with Gasteiger partial charge in [-0.15, -0.1) is 0 Å². The second-order valence-electron chi connectivity index (χ2n) is 9.11. The van der Waals surface area contributed by atoms with Crippen molar-refractivity contribution in [3.05, 3.63) is 53.9 Å². The highest BCUT2D eigenvalue weighted by molar-refractivity contribution is 5.95. The number of carbonyl (C=O) groups excluding carboxylic acids is 1. The average Bonchev–Trinajstić information content (AvgIpc) is 3.34. The number of fused-ring (bicyclic) bond motifs is 1. The molecule has 1 aliphatic heterocycles. The number of aliphatic hydroxyl groups is 1. The number of aromatic nitrogens is 2. The van der Waals surface area contributed by atoms with Gasteiger partial charge in [0.25, 0.3) is 5.91 Å². The van der Waals surface area contributed by atoms with Crippen LogP contribution in [-0.4, -0.2) is 78.0 Å². The number of nitriles is 1. The highest BCUT2D eigenvalue weighted by atomic mass is 16.5. The first-order valence-electron chi connectivity index (χ1n) is 12.5. The van der Waals surface area contributed by atoms with E-state index < -0.39 is 6.10 Å². The second-order valence-corrected chi connectivity index (χ2v) is 9.11. The zero-order valence-electron chi connectivity index (χ0n) is 21.2. The van der Waals surface area contributed by atoms with Crippen molar-refractivity contribution in [2.24, 2.45) is 0 Å². The highest BCUT2D eigenvalue weighted by Gasteiger charge is 2.26. The quantitative estimate of drug-likeness (QED) is 0.363. The van der Waals surface area contributed by atoms with Crippen LogP contribution in [0.25, 0.3) is 28.2 Å². The van der Waals surface area contributed by atoms with E-state index in [4.69, 9.17) is 9.47 Å². The Morgan fingerprint density at radius 3 is 2.92 bits per heavy atom. The molecule has 0 spiro atoms. The monoisotopic (exact) mass is 503 g/mol. The van der Waals surface area contributed by atoms with E-state index in [1.807, 2.05) is 36.7 Å². The number of benzene rings is 1. The predicted molar refractivity (Wildman–Crippen MR) is 142 cm³/mol. The van der Waals surface area contributed by atoms with Gasteiger partial charge in [0.05, 0.1) is 12.2 Å². The standard InChI is InChI=1S/C28H33N5O4/c1-19(34)28(35)33-11-7-23(8-12-33)37-26-6-5-21(15-22(26)16-29)25-18-32-27-24(25)14-20(17-31-27)4-3-9-30-10-13-36-2/h3-6,14-15,17-19,23,30,34H,7-13H2,1-2H3,(H,31,32)/b4-3+. The van der Waals surface area contributed by atoms with Crippen molar-refractivity contribution in [3.8, 4) is 22.9 Å². The fourth-order valence-electron chi connectivity index (χ4n) is 4.43. The minimum Gasteiger partial charge on any atom is -0.489 e. The smallest absolute Gasteiger partial charge is 0.251 e. The van der Waals surface area contributed by atoms with Crippen LogP contribution in [0.5, 0.6) is 5.75 Å². The van der Waals surface area contributed by atoms with Crippen molar-refractivity contribution in [1.29, 1.82) is 5.26 Å². The van der Waals surface area contributed by atoms with Crippen LogP contribution in [0.4, 0.5) is 0 Å². The Labute approximate surface area is 216 Å². The first-order valence-corrected chi connectivity index (χ1v) is 12.5. The molecule has 1 unspecified atom stereocenters. The van der Waals surface area contributed by atoms with Crippen molar-refractivity contribution in [2.45, 2.75) is 32.0 Å². The summed E-state index contributed by atoms with van der Waals surface area (Å²) >= 11 is 0. The number of nitrogens with zero attached hydrogens (tertiary/aromatic N) is 3. The minimum absolute atomic E-state index is 0.0911. The molecule has 1 fully saturated rings. The summed E-state index contributed by atoms with van der Waals surface area (Å²) in [5.74, 6) is 0.278. The third kappa shape index (κ3) is 6.54. The molecule has 0 saturated carbocycles. The van der Waals surface area contributed by atoms with Gasteiger partial charge in [-0.1, -0.05) is 18.2 Å². The average molecular weight is 504 g/mol. The highest BCUT2D eigenvalue weighted by Crippen LogP contribution is 2.32. The summed E-state index contributed by atoms with van der Waals surface area (Å²) in [7, 11) is 1.68. The largest absolute Gasteiger partial charge is 0.489 e. The topological polar surface area (TPSA) is 124 Å². The zero-order valence-corrected chi connectivity index (χ0v) is 21.2. The number of rotatable bonds is 10. The Bertz CT molecular complexity index is 1290. The van der Waals surface area contributed by atoms with E-state index in [9.17, 15) is 15.2 Å². The van der Waals surface area contributed by atoms with Crippen molar-refractivity contribution in [3.63, 3.8) is 0 Å². The van der Waals surface area contributed by atoms with E-state index in [0.29, 0.717) is 43.9 Å². The Morgan fingerprint density at radius 2 is 2.19 bits per heavy atom. The van der Waals surface area contributed by atoms with Crippen molar-refractivity contribution >= 4 is 23.0 Å². The normalized spacial score (nSPS) is 15.2. The number of hydrogen-bond donors (Lipinski definition) is 3. The van der Waals surface area contributed by atoms with Gasteiger partial charge in [-0.05, 0) is 36.2 Å². The maximum Gasteiger partial charge on any atom is 0.251 e. The van der Waals surface area contributed by atoms with Gasteiger partial charge < -0.3 is 29.8 Å². The molecule has 2 aromatic heterocycles. The lowest BCUT2D eigenvalue weighted by molar-refractivity contribution is -0.141. The zero-order chi connectivity index (χ0) is 26.2. The summed E-state index contributed by atoms with van der Waals surface area (Å²) in [6.07, 6.45) is 8.03. The number of aromatic amines is 1. The van der Waals surface area contributed by atoms with Gasteiger partial charge in [-0.3, -0.25) is 4.79 Å². The van der Waals surface area contributed by atoms with E-state index in [-0.39, 0.29) is 12.0 Å². The first-order chi connectivity index (χ1) is 18.0. The maximum absolute atomic E-state index is 12.0. The number of aliphatic hydroxyl groups excluding tert-OH is 1. The molecule has 37 heavy (non-hydrogen) atoms. The molecule has 194 valence electrons. The number of piperidine rings is 1. The lowest BCUT2D eigenvalue weighted by atomic mass is 10.0. The molecule has 3 aromatic rings. The van der Waals surface area contributed by atoms with E-state index in [2.05, 4.69) is 33.5 Å². The summed E-state index contributed by atoms with van der Waals surface area (Å²) in [5.41, 5.74) is 4.09. The number of pyridine rings is 1. The third-order valence-corrected chi connectivity index (χ3v) is 6.42. The SMILES string of the molecule is COCCNC/C=C/c1cnc2[nH]cc(-c3ccc(OC4CCN(C(=O)C(C)O)CC4)c(C#N)c3)c2c1. The number of methoxy groups -OCH3 is 1. The minimum atomic E-state index is -0.995. The van der Waals surface area contributed by atoms with Crippen LogP contribution in [0.2, 0.25) is 0 Å². The lowest BCUT2D eigenvalue weighted by Gasteiger charge is -2.33. The Balaban J connectivity index is 1.46. The van der Waals surface area contributed by atoms with Crippen molar-refractivity contribution in [2.75, 3.05) is 39.9 Å². The summed E-state index contributed by atoms with van der Waals surface area (Å²) in [6.45, 7) is 4.74. The van der Waals surface area contributed by atoms with Crippen molar-refractivity contribution < 1.29 is 19.4 Å². The molecule has 1 atom stereocenters. The van der Waals surface area contributed by atoms with Crippen LogP contribution in [0.15, 0.2) is 42.7 Å². The molecule has 1 aliphatic rings. The van der Waals surface area contributed by atoms with E-state index in [0.717, 1.165) is 40.8 Å². The van der Waals surface area contributed by atoms with Gasteiger partial charge in [0.15, 0.2) is 0 Å². The molecule has 3 N–H and O–H groups in total. The Hall–Kier alpha value is -3.71. The number of amides is 1. The molecule has 1 aromatic carbocycles. The summed E-state index contributed by atoms with van der Waals surface area (Å²) in [5, 5.41) is 23.6. The van der Waals surface area contributed by atoms with E-state index in [1.165, 1.54) is 6.92 Å². The number of nitrogens with one attached hydrogen (secondary N) is 2. The summed E-state index contributed by atoms with van der Waals surface area (Å²) in [6, 6.07) is 9.97. The molecule has 3 heterocycles. The molecular formula is C28H33N5O4. The molecule has 0 bridgehead atoms. The van der Waals surface area contributed by atoms with Gasteiger partial charge >= 0.3 is 0 Å². The fourth-order valence-corrected chi connectivity index (χ4v) is 4.43. The number of H-pyrrole nitrogens is 1. The Kier molecular flexibility index (Phi) is 8.90. The molecule has 1 amide bonds. The van der Waals surface area contributed by atoms with Crippen LogP contribution < -0.4 is 10.1 Å². The van der Waals surface area contributed by atoms with E-state index >= 15 is 0 Å². The summed E-state index contributed by atoms with van der Waals surface area (Å²) < 4.78 is 11.2. The molecule has 4 rings (SSSR count). The van der Waals surface area contributed by atoms with Crippen LogP contribution >= 0.6 is 0 Å². The van der Waals surface area contributed by atoms with Gasteiger partial charge in [0.2, 0.25) is 0 Å². The van der Waals surface area contributed by atoms with E-state index in [1.54, 1.807) is 12.0 Å². The van der Waals surface area contributed by atoms with Crippen LogP contribution in [0.1, 0.15) is 30.9 Å². The number of likely N-dealkylation sites (tertiary alicyclic amines) is 1. The van der Waals surface area contributed by atoms with Gasteiger partial charge in [0.1, 0.15) is 29.7 Å². The lowest BCUT2D eigenvalue weighted by Crippen LogP contribution is -2.45. The Morgan fingerprint density at radius 1 is 1.38 bits per heavy atom.